The van der Waals surface area contributed by atoms with Crippen LogP contribution in [0.5, 0.6) is 0 Å². The van der Waals surface area contributed by atoms with Crippen molar-refractivity contribution in [1.29, 1.82) is 0 Å². The second kappa shape index (κ2) is 5.42. The minimum atomic E-state index is -0.328. The molecule has 1 aliphatic rings. The first-order valence-electron chi connectivity index (χ1n) is 4.89. The third-order valence-corrected chi connectivity index (χ3v) is 1.99. The Hall–Kier alpha value is -1.32. The van der Waals surface area contributed by atoms with Crippen LogP contribution in [-0.4, -0.2) is 18.4 Å². The second-order valence-electron chi connectivity index (χ2n) is 3.28. The summed E-state index contributed by atoms with van der Waals surface area (Å²) in [5, 5.41) is 2.19. The third-order valence-electron chi connectivity index (χ3n) is 1.99. The molecule has 0 aromatic heterocycles. The van der Waals surface area contributed by atoms with Gasteiger partial charge in [0.2, 0.25) is 5.91 Å². The normalized spacial score (nSPS) is 18.8. The molecule has 0 saturated carbocycles. The lowest BCUT2D eigenvalue weighted by Crippen LogP contribution is -2.19. The van der Waals surface area contributed by atoms with Gasteiger partial charge < -0.3 is 4.74 Å². The summed E-state index contributed by atoms with van der Waals surface area (Å²) in [7, 11) is 0. The molecule has 0 unspecified atom stereocenters. The number of unbranched alkanes of at least 4 members (excludes halogenated alkanes) is 2. The molecule has 2 amide bonds. The fourth-order valence-corrected chi connectivity index (χ4v) is 1.19. The van der Waals surface area contributed by atoms with Gasteiger partial charge in [0.25, 0.3) is 5.91 Å². The molecule has 0 aliphatic carbocycles. The summed E-state index contributed by atoms with van der Waals surface area (Å²) < 4.78 is 5.16. The van der Waals surface area contributed by atoms with Gasteiger partial charge in [0.05, 0.1) is 24.9 Å². The van der Waals surface area contributed by atoms with Gasteiger partial charge in [0.1, 0.15) is 0 Å². The van der Waals surface area contributed by atoms with E-state index >= 15 is 0 Å². The van der Waals surface area contributed by atoms with E-state index in [9.17, 15) is 9.59 Å². The lowest BCUT2D eigenvalue weighted by Gasteiger charge is -1.99. The molecule has 1 N–H and O–H groups in total. The van der Waals surface area contributed by atoms with Gasteiger partial charge >= 0.3 is 0 Å². The number of hydrogen-bond donors (Lipinski definition) is 1. The number of amides is 2. The summed E-state index contributed by atoms with van der Waals surface area (Å²) in [4.78, 5) is 21.8. The Morgan fingerprint density at radius 1 is 1.43 bits per heavy atom. The molecule has 0 spiro atoms. The number of ether oxygens (including phenoxy) is 1. The van der Waals surface area contributed by atoms with Crippen molar-refractivity contribution >= 4 is 11.8 Å². The lowest BCUT2D eigenvalue weighted by atomic mass is 10.2. The summed E-state index contributed by atoms with van der Waals surface area (Å²) in [6.07, 6.45) is 4.78. The highest BCUT2D eigenvalue weighted by Crippen LogP contribution is 2.09. The minimum absolute atomic E-state index is 0.145. The summed E-state index contributed by atoms with van der Waals surface area (Å²) in [6, 6.07) is 0. The molecule has 1 fully saturated rings. The second-order valence-corrected chi connectivity index (χ2v) is 3.28. The van der Waals surface area contributed by atoms with Gasteiger partial charge in [0, 0.05) is 0 Å². The Bertz CT molecular complexity index is 258. The summed E-state index contributed by atoms with van der Waals surface area (Å²) >= 11 is 0. The van der Waals surface area contributed by atoms with Crippen LogP contribution in [0, 0.1) is 0 Å². The van der Waals surface area contributed by atoms with Gasteiger partial charge in [-0.2, -0.15) is 0 Å². The maximum Gasteiger partial charge on any atom is 0.257 e. The van der Waals surface area contributed by atoms with E-state index in [0.29, 0.717) is 12.2 Å². The number of hydrogen-bond acceptors (Lipinski definition) is 3. The smallest absolute Gasteiger partial charge is 0.257 e. The van der Waals surface area contributed by atoms with Gasteiger partial charge in [-0.3, -0.25) is 14.9 Å². The van der Waals surface area contributed by atoms with Crippen molar-refractivity contribution in [3.63, 3.8) is 0 Å². The van der Waals surface area contributed by atoms with Crippen molar-refractivity contribution in [3.8, 4) is 0 Å². The number of rotatable bonds is 5. The molecule has 1 heterocycles. The van der Waals surface area contributed by atoms with Crippen molar-refractivity contribution in [1.82, 2.24) is 5.32 Å². The average molecular weight is 197 g/mol. The Kier molecular flexibility index (Phi) is 4.16. The van der Waals surface area contributed by atoms with Crippen LogP contribution in [0.3, 0.4) is 0 Å². The van der Waals surface area contributed by atoms with E-state index in [2.05, 4.69) is 12.2 Å². The third kappa shape index (κ3) is 3.20. The molecule has 0 radical (unpaired) electrons. The van der Waals surface area contributed by atoms with Crippen LogP contribution < -0.4 is 5.32 Å². The first-order chi connectivity index (χ1) is 6.74. The van der Waals surface area contributed by atoms with E-state index in [-0.39, 0.29) is 18.2 Å². The average Bonchev–Trinajstić information content (AvgIpc) is 2.45. The minimum Gasteiger partial charge on any atom is -0.501 e. The van der Waals surface area contributed by atoms with Gasteiger partial charge in [-0.15, -0.1) is 0 Å². The van der Waals surface area contributed by atoms with Crippen molar-refractivity contribution < 1.29 is 14.3 Å². The van der Waals surface area contributed by atoms with Crippen LogP contribution in [0.2, 0.25) is 0 Å². The van der Waals surface area contributed by atoms with Crippen LogP contribution in [0.25, 0.3) is 0 Å². The van der Waals surface area contributed by atoms with E-state index < -0.39 is 0 Å². The molecule has 4 heteroatoms. The van der Waals surface area contributed by atoms with Crippen molar-refractivity contribution in [2.75, 3.05) is 6.61 Å². The van der Waals surface area contributed by atoms with Gasteiger partial charge in [-0.1, -0.05) is 19.8 Å². The van der Waals surface area contributed by atoms with Crippen molar-refractivity contribution in [3.05, 3.63) is 11.8 Å². The SMILES string of the molecule is CCCCCOC=C1CC(=O)NC1=O. The Morgan fingerprint density at radius 2 is 2.21 bits per heavy atom. The molecule has 78 valence electrons. The predicted molar refractivity (Wildman–Crippen MR) is 51.3 cm³/mol. The van der Waals surface area contributed by atoms with Crippen LogP contribution in [0.4, 0.5) is 0 Å². The largest absolute Gasteiger partial charge is 0.501 e. The molecule has 14 heavy (non-hydrogen) atoms. The number of nitrogens with one attached hydrogen (secondary N) is 1. The molecular formula is C10H15NO3. The monoisotopic (exact) mass is 197 g/mol. The summed E-state index contributed by atoms with van der Waals surface area (Å²) in [5.41, 5.74) is 0.423. The molecule has 0 atom stereocenters. The Labute approximate surface area is 83.3 Å². The predicted octanol–water partition coefficient (Wildman–Crippen LogP) is 1.12. The molecule has 0 aromatic rings. The van der Waals surface area contributed by atoms with Crippen LogP contribution in [0.15, 0.2) is 11.8 Å². The zero-order chi connectivity index (χ0) is 10.4. The van der Waals surface area contributed by atoms with Crippen LogP contribution >= 0.6 is 0 Å². The summed E-state index contributed by atoms with van der Waals surface area (Å²) in [6.45, 7) is 2.72. The molecule has 0 aromatic carbocycles. The maximum atomic E-state index is 11.0. The fraction of sp³-hybridized carbons (Fsp3) is 0.600. The molecule has 4 nitrogen and oxygen atoms in total. The van der Waals surface area contributed by atoms with E-state index in [1.54, 1.807) is 0 Å². The van der Waals surface area contributed by atoms with Crippen LogP contribution in [0.1, 0.15) is 32.6 Å². The molecule has 0 bridgehead atoms. The number of carbonyl (C=O) groups excluding carboxylic acids is 2. The van der Waals surface area contributed by atoms with Crippen molar-refractivity contribution in [2.45, 2.75) is 32.6 Å². The standard InChI is InChI=1S/C10H15NO3/c1-2-3-4-5-14-7-8-6-9(12)11-10(8)13/h7H,2-6H2,1H3,(H,11,12,13). The van der Waals surface area contributed by atoms with E-state index in [1.807, 2.05) is 0 Å². The molecule has 1 rings (SSSR count). The molecule has 1 saturated heterocycles. The van der Waals surface area contributed by atoms with Gasteiger partial charge in [-0.25, -0.2) is 0 Å². The number of imide groups is 1. The zero-order valence-corrected chi connectivity index (χ0v) is 8.34. The fourth-order valence-electron chi connectivity index (χ4n) is 1.19. The molecule has 1 aliphatic heterocycles. The van der Waals surface area contributed by atoms with Crippen LogP contribution in [-0.2, 0) is 14.3 Å². The molecular weight excluding hydrogens is 182 g/mol. The topological polar surface area (TPSA) is 55.4 Å². The quantitative estimate of drug-likeness (QED) is 0.311. The summed E-state index contributed by atoms with van der Waals surface area (Å²) in [5.74, 6) is -0.580. The first-order valence-corrected chi connectivity index (χ1v) is 4.89. The highest BCUT2D eigenvalue weighted by molar-refractivity contribution is 6.13. The Balaban J connectivity index is 2.24. The Morgan fingerprint density at radius 3 is 2.79 bits per heavy atom. The maximum absolute atomic E-state index is 11.0. The number of carbonyl (C=O) groups is 2. The van der Waals surface area contributed by atoms with E-state index in [1.165, 1.54) is 6.26 Å². The first kappa shape index (κ1) is 10.8. The highest BCUT2D eigenvalue weighted by Gasteiger charge is 2.23. The lowest BCUT2D eigenvalue weighted by molar-refractivity contribution is -0.124. The van der Waals surface area contributed by atoms with Crippen molar-refractivity contribution in [2.24, 2.45) is 0 Å². The van der Waals surface area contributed by atoms with Gasteiger partial charge in [0.15, 0.2) is 0 Å². The van der Waals surface area contributed by atoms with E-state index in [4.69, 9.17) is 4.74 Å². The zero-order valence-electron chi connectivity index (χ0n) is 8.34. The van der Waals surface area contributed by atoms with Gasteiger partial charge in [-0.05, 0) is 6.42 Å². The van der Waals surface area contributed by atoms with E-state index in [0.717, 1.165) is 19.3 Å². The highest BCUT2D eigenvalue weighted by atomic mass is 16.5.